The zero-order chi connectivity index (χ0) is 19.5. The lowest BCUT2D eigenvalue weighted by Gasteiger charge is -2.23. The molecular weight excluding hydrogens is 358 g/mol. The molecule has 5 unspecified atom stereocenters. The van der Waals surface area contributed by atoms with Gasteiger partial charge in [0.1, 0.15) is 30.2 Å². The van der Waals surface area contributed by atoms with Crippen LogP contribution in [0.3, 0.4) is 0 Å². The minimum atomic E-state index is -0.714. The largest absolute Gasteiger partial charge is 0.341 e. The molecule has 3 fully saturated rings. The lowest BCUT2D eigenvalue weighted by molar-refractivity contribution is -0.190. The summed E-state index contributed by atoms with van der Waals surface area (Å²) in [6.45, 7) is 3.76. The van der Waals surface area contributed by atoms with Gasteiger partial charge >= 0.3 is 0 Å². The highest BCUT2D eigenvalue weighted by molar-refractivity contribution is 5.73. The minimum absolute atomic E-state index is 0.142. The van der Waals surface area contributed by atoms with Gasteiger partial charge in [-0.2, -0.15) is 0 Å². The Kier molecular flexibility index (Phi) is 4.18. The number of ether oxygens (including phenoxy) is 3. The average Bonchev–Trinajstić information content (AvgIpc) is 3.43. The molecule has 2 aliphatic heterocycles. The Morgan fingerprint density at radius 1 is 1.21 bits per heavy atom. The summed E-state index contributed by atoms with van der Waals surface area (Å²) in [6.07, 6.45) is 12.0. The molecular formula is C20H25N5O3. The summed E-state index contributed by atoms with van der Waals surface area (Å²) in [4.78, 5) is 13.5. The van der Waals surface area contributed by atoms with Gasteiger partial charge in [-0.3, -0.25) is 4.57 Å². The maximum Gasteiger partial charge on any atom is 0.167 e. The minimum Gasteiger partial charge on any atom is -0.341 e. The van der Waals surface area contributed by atoms with Crippen molar-refractivity contribution < 1.29 is 14.2 Å². The molecule has 5 rings (SSSR count). The Morgan fingerprint density at radius 3 is 2.71 bits per heavy atom. The molecule has 148 valence electrons. The molecule has 2 aromatic rings. The quantitative estimate of drug-likeness (QED) is 0.810. The third-order valence-corrected chi connectivity index (χ3v) is 6.08. The van der Waals surface area contributed by atoms with Crippen LogP contribution in [-0.4, -0.2) is 43.6 Å². The van der Waals surface area contributed by atoms with Crippen LogP contribution in [0.2, 0.25) is 0 Å². The molecule has 2 aromatic heterocycles. The maximum atomic E-state index is 6.55. The first-order valence-electron chi connectivity index (χ1n) is 9.89. The van der Waals surface area contributed by atoms with E-state index >= 15 is 0 Å². The molecule has 28 heavy (non-hydrogen) atoms. The van der Waals surface area contributed by atoms with Gasteiger partial charge in [-0.05, 0) is 32.6 Å². The van der Waals surface area contributed by atoms with Crippen LogP contribution in [-0.2, 0) is 14.2 Å². The second kappa shape index (κ2) is 6.49. The third kappa shape index (κ3) is 2.73. The standard InChI is InChI=1S/C20H25N5O3/c1-4-12-16-17(28-20(2,3)27-16)19(26-12)25-10-24-15-14(22-9-23-18(15)25)13(21)11-7-5-6-8-11/h1,9-13,16-17,19H,5-8,21H2,2-3H3. The number of hydrogen-bond acceptors (Lipinski definition) is 7. The highest BCUT2D eigenvalue weighted by Crippen LogP contribution is 2.44. The fourth-order valence-corrected chi connectivity index (χ4v) is 4.77. The van der Waals surface area contributed by atoms with Gasteiger partial charge in [0.15, 0.2) is 17.7 Å². The Hall–Kier alpha value is -2.05. The van der Waals surface area contributed by atoms with Crippen LogP contribution in [0, 0.1) is 18.3 Å². The summed E-state index contributed by atoms with van der Waals surface area (Å²) < 4.78 is 20.0. The molecule has 2 N–H and O–H groups in total. The van der Waals surface area contributed by atoms with E-state index in [0.717, 1.165) is 18.5 Å². The first kappa shape index (κ1) is 18.0. The first-order chi connectivity index (χ1) is 13.5. The fourth-order valence-electron chi connectivity index (χ4n) is 4.77. The van der Waals surface area contributed by atoms with Crippen LogP contribution >= 0.6 is 0 Å². The number of rotatable bonds is 3. The van der Waals surface area contributed by atoms with Crippen molar-refractivity contribution in [2.24, 2.45) is 11.7 Å². The molecule has 1 aliphatic carbocycles. The van der Waals surface area contributed by atoms with Gasteiger partial charge in [-0.25, -0.2) is 15.0 Å². The van der Waals surface area contributed by atoms with Crippen LogP contribution in [0.4, 0.5) is 0 Å². The fraction of sp³-hybridized carbons (Fsp3) is 0.650. The van der Waals surface area contributed by atoms with E-state index in [-0.39, 0.29) is 18.2 Å². The van der Waals surface area contributed by atoms with Crippen LogP contribution in [0.5, 0.6) is 0 Å². The molecule has 5 atom stereocenters. The predicted molar refractivity (Wildman–Crippen MR) is 101 cm³/mol. The summed E-state index contributed by atoms with van der Waals surface area (Å²) in [5.74, 6) is 2.39. The van der Waals surface area contributed by atoms with Crippen molar-refractivity contribution in [3.8, 4) is 12.3 Å². The van der Waals surface area contributed by atoms with E-state index in [0.29, 0.717) is 17.1 Å². The highest BCUT2D eigenvalue weighted by Gasteiger charge is 2.55. The zero-order valence-corrected chi connectivity index (χ0v) is 16.1. The highest BCUT2D eigenvalue weighted by atomic mass is 16.8. The topological polar surface area (TPSA) is 97.3 Å². The SMILES string of the molecule is C#CC1OC(n2cnc3c(C(N)C4CCCC4)ncnc32)C2OC(C)(C)OC12. The second-order valence-corrected chi connectivity index (χ2v) is 8.33. The van der Waals surface area contributed by atoms with Crippen molar-refractivity contribution in [3.63, 3.8) is 0 Å². The lowest BCUT2D eigenvalue weighted by atomic mass is 9.95. The summed E-state index contributed by atoms with van der Waals surface area (Å²) in [5.41, 5.74) is 8.73. The molecule has 0 spiro atoms. The van der Waals surface area contributed by atoms with E-state index in [1.165, 1.54) is 12.8 Å². The van der Waals surface area contributed by atoms with Crippen molar-refractivity contribution in [1.29, 1.82) is 0 Å². The van der Waals surface area contributed by atoms with Gasteiger partial charge in [-0.1, -0.05) is 18.8 Å². The second-order valence-electron chi connectivity index (χ2n) is 8.33. The van der Waals surface area contributed by atoms with E-state index in [4.69, 9.17) is 26.4 Å². The van der Waals surface area contributed by atoms with Crippen LogP contribution in [0.15, 0.2) is 12.7 Å². The summed E-state index contributed by atoms with van der Waals surface area (Å²) in [6, 6.07) is -0.142. The Balaban J connectivity index is 1.52. The normalized spacial score (nSPS) is 33.2. The van der Waals surface area contributed by atoms with Crippen molar-refractivity contribution >= 4 is 11.2 Å². The maximum absolute atomic E-state index is 6.55. The van der Waals surface area contributed by atoms with E-state index in [1.54, 1.807) is 12.7 Å². The van der Waals surface area contributed by atoms with Crippen LogP contribution in [0.1, 0.15) is 57.5 Å². The van der Waals surface area contributed by atoms with Gasteiger partial charge in [-0.15, -0.1) is 6.42 Å². The van der Waals surface area contributed by atoms with Crippen LogP contribution < -0.4 is 5.73 Å². The molecule has 4 heterocycles. The Bertz CT molecular complexity index is 930. The van der Waals surface area contributed by atoms with Gasteiger partial charge in [0.2, 0.25) is 0 Å². The Morgan fingerprint density at radius 2 is 1.96 bits per heavy atom. The molecule has 0 bridgehead atoms. The van der Waals surface area contributed by atoms with Gasteiger partial charge in [0.05, 0.1) is 18.1 Å². The van der Waals surface area contributed by atoms with Crippen molar-refractivity contribution in [3.05, 3.63) is 18.3 Å². The number of nitrogens with zero attached hydrogens (tertiary/aromatic N) is 4. The van der Waals surface area contributed by atoms with Gasteiger partial charge in [0.25, 0.3) is 0 Å². The number of terminal acetylenes is 1. The summed E-state index contributed by atoms with van der Waals surface area (Å²) in [5, 5.41) is 0. The molecule has 0 aromatic carbocycles. The first-order valence-corrected chi connectivity index (χ1v) is 9.89. The lowest BCUT2D eigenvalue weighted by Crippen LogP contribution is -2.28. The summed E-state index contributed by atoms with van der Waals surface area (Å²) >= 11 is 0. The van der Waals surface area contributed by atoms with Gasteiger partial charge in [0, 0.05) is 0 Å². The van der Waals surface area contributed by atoms with Crippen LogP contribution in [0.25, 0.3) is 11.2 Å². The number of fused-ring (bicyclic) bond motifs is 2. The van der Waals surface area contributed by atoms with Gasteiger partial charge < -0.3 is 19.9 Å². The van der Waals surface area contributed by atoms with Crippen molar-refractivity contribution in [2.45, 2.75) is 75.9 Å². The number of aromatic nitrogens is 4. The van der Waals surface area contributed by atoms with E-state index < -0.39 is 18.1 Å². The van der Waals surface area contributed by atoms with E-state index in [2.05, 4.69) is 20.9 Å². The average molecular weight is 383 g/mol. The van der Waals surface area contributed by atoms with Crippen molar-refractivity contribution in [2.75, 3.05) is 0 Å². The number of nitrogens with two attached hydrogens (primary N) is 1. The number of hydrogen-bond donors (Lipinski definition) is 1. The molecule has 8 heteroatoms. The zero-order valence-electron chi connectivity index (χ0n) is 16.1. The molecule has 0 amide bonds. The van der Waals surface area contributed by atoms with E-state index in [9.17, 15) is 0 Å². The molecule has 1 saturated carbocycles. The molecule has 3 aliphatic rings. The number of imidazole rings is 1. The summed E-state index contributed by atoms with van der Waals surface area (Å²) in [7, 11) is 0. The third-order valence-electron chi connectivity index (χ3n) is 6.08. The molecule has 2 saturated heterocycles. The van der Waals surface area contributed by atoms with E-state index in [1.807, 2.05) is 18.4 Å². The van der Waals surface area contributed by atoms with Crippen molar-refractivity contribution in [1.82, 2.24) is 19.5 Å². The monoisotopic (exact) mass is 383 g/mol. The molecule has 0 radical (unpaired) electrons. The smallest absolute Gasteiger partial charge is 0.167 e. The Labute approximate surface area is 163 Å². The predicted octanol–water partition coefficient (Wildman–Crippen LogP) is 2.07. The molecule has 8 nitrogen and oxygen atoms in total.